The fourth-order valence-electron chi connectivity index (χ4n) is 4.22. The molecule has 0 saturated heterocycles. The van der Waals surface area contributed by atoms with Gasteiger partial charge in [-0.15, -0.1) is 0 Å². The van der Waals surface area contributed by atoms with Gasteiger partial charge in [0, 0.05) is 33.8 Å². The van der Waals surface area contributed by atoms with E-state index in [-0.39, 0.29) is 5.91 Å². The van der Waals surface area contributed by atoms with Crippen LogP contribution in [-0.4, -0.2) is 13.0 Å². The van der Waals surface area contributed by atoms with Gasteiger partial charge in [0.2, 0.25) is 5.91 Å². The smallest absolute Gasteiger partial charge is 0.248 e. The van der Waals surface area contributed by atoms with E-state index in [0.717, 1.165) is 44.4 Å². The molecule has 168 valence electrons. The number of aryl methyl sites for hydroxylation is 3. The van der Waals surface area contributed by atoms with Crippen LogP contribution in [0.25, 0.3) is 27.7 Å². The molecule has 0 unspecified atom stereocenters. The molecule has 0 radical (unpaired) electrons. The molecule has 5 heteroatoms. The highest BCUT2D eigenvalue weighted by atomic mass is 19.1. The summed E-state index contributed by atoms with van der Waals surface area (Å²) in [6.07, 6.45) is 3.26. The quantitative estimate of drug-likeness (QED) is 0.331. The van der Waals surface area contributed by atoms with Crippen molar-refractivity contribution in [1.82, 2.24) is 0 Å². The summed E-state index contributed by atoms with van der Waals surface area (Å²) in [4.78, 5) is 12.6. The van der Waals surface area contributed by atoms with E-state index >= 15 is 0 Å². The molecular weight excluding hydrogens is 417 g/mol. The topological polar surface area (TPSA) is 51.5 Å². The molecule has 1 aromatic heterocycles. The van der Waals surface area contributed by atoms with Crippen molar-refractivity contribution in [1.29, 1.82) is 0 Å². The first-order chi connectivity index (χ1) is 15.8. The maximum Gasteiger partial charge on any atom is 0.248 e. The van der Waals surface area contributed by atoms with Crippen molar-refractivity contribution in [2.75, 3.05) is 12.4 Å². The molecule has 0 saturated carbocycles. The number of ether oxygens (including phenoxy) is 1. The number of halogens is 1. The average Bonchev–Trinajstić information content (AvgIpc) is 3.17. The zero-order chi connectivity index (χ0) is 23.7. The molecule has 0 aliphatic carbocycles. The van der Waals surface area contributed by atoms with Crippen LogP contribution in [0.5, 0.6) is 5.75 Å². The van der Waals surface area contributed by atoms with E-state index in [1.54, 1.807) is 25.5 Å². The number of carbonyl (C=O) groups is 1. The molecule has 1 N–H and O–H groups in total. The Bertz CT molecular complexity index is 1400. The molecule has 0 aliphatic rings. The van der Waals surface area contributed by atoms with Gasteiger partial charge < -0.3 is 14.5 Å². The first kappa shape index (κ1) is 22.3. The van der Waals surface area contributed by atoms with Crippen LogP contribution in [0.3, 0.4) is 0 Å². The first-order valence-electron chi connectivity index (χ1n) is 10.7. The highest BCUT2D eigenvalue weighted by Crippen LogP contribution is 2.41. The van der Waals surface area contributed by atoms with Crippen LogP contribution in [0.4, 0.5) is 10.1 Å². The van der Waals surface area contributed by atoms with E-state index in [1.165, 1.54) is 23.8 Å². The standard InChI is InChI=1S/C28H26FNO3/c1-16-9-10-22(17(2)11-16)25-15-33-28-19(4)27(32-5)23(14-24(25)28)18(3)12-26(31)30-21-8-6-7-20(29)13-21/h6-15H,1-5H3,(H,30,31)/b18-12+. The van der Waals surface area contributed by atoms with E-state index in [4.69, 9.17) is 9.15 Å². The Balaban J connectivity index is 1.79. The molecule has 1 amide bonds. The van der Waals surface area contributed by atoms with Gasteiger partial charge in [-0.05, 0) is 68.7 Å². The second-order valence-corrected chi connectivity index (χ2v) is 8.25. The van der Waals surface area contributed by atoms with E-state index in [2.05, 4.69) is 37.4 Å². The Morgan fingerprint density at radius 2 is 1.85 bits per heavy atom. The van der Waals surface area contributed by atoms with Crippen molar-refractivity contribution < 1.29 is 18.3 Å². The van der Waals surface area contributed by atoms with Crippen LogP contribution in [0.1, 0.15) is 29.2 Å². The maximum absolute atomic E-state index is 13.4. The lowest BCUT2D eigenvalue weighted by Crippen LogP contribution is -2.09. The number of anilines is 1. The fourth-order valence-corrected chi connectivity index (χ4v) is 4.22. The summed E-state index contributed by atoms with van der Waals surface area (Å²) >= 11 is 0. The maximum atomic E-state index is 13.4. The fraction of sp³-hybridized carbons (Fsp3) is 0.179. The summed E-state index contributed by atoms with van der Waals surface area (Å²) in [5, 5.41) is 3.66. The lowest BCUT2D eigenvalue weighted by molar-refractivity contribution is -0.111. The number of allylic oxidation sites excluding steroid dienone is 1. The normalized spacial score (nSPS) is 11.6. The summed E-state index contributed by atoms with van der Waals surface area (Å²) in [6.45, 7) is 7.95. The second kappa shape index (κ2) is 8.94. The average molecular weight is 444 g/mol. The van der Waals surface area contributed by atoms with Gasteiger partial charge in [-0.1, -0.05) is 29.8 Å². The van der Waals surface area contributed by atoms with Gasteiger partial charge in [0.05, 0.1) is 13.4 Å². The van der Waals surface area contributed by atoms with Gasteiger partial charge >= 0.3 is 0 Å². The van der Waals surface area contributed by atoms with Gasteiger partial charge in [0.25, 0.3) is 0 Å². The lowest BCUT2D eigenvalue weighted by Gasteiger charge is -2.14. The Kier molecular flexibility index (Phi) is 6.05. The first-order valence-corrected chi connectivity index (χ1v) is 10.7. The third-order valence-electron chi connectivity index (χ3n) is 5.78. The summed E-state index contributed by atoms with van der Waals surface area (Å²) in [6, 6.07) is 14.1. The highest BCUT2D eigenvalue weighted by Gasteiger charge is 2.19. The van der Waals surface area contributed by atoms with Crippen molar-refractivity contribution in [2.45, 2.75) is 27.7 Å². The van der Waals surface area contributed by atoms with Crippen LogP contribution < -0.4 is 10.1 Å². The van der Waals surface area contributed by atoms with Crippen LogP contribution in [0, 0.1) is 26.6 Å². The summed E-state index contributed by atoms with van der Waals surface area (Å²) < 4.78 is 25.1. The zero-order valence-corrected chi connectivity index (χ0v) is 19.4. The molecule has 33 heavy (non-hydrogen) atoms. The Morgan fingerprint density at radius 3 is 2.55 bits per heavy atom. The zero-order valence-electron chi connectivity index (χ0n) is 19.4. The minimum atomic E-state index is -0.407. The molecule has 0 bridgehead atoms. The van der Waals surface area contributed by atoms with Gasteiger partial charge in [0.15, 0.2) is 0 Å². The number of furan rings is 1. The van der Waals surface area contributed by atoms with Crippen LogP contribution >= 0.6 is 0 Å². The Labute approximate surface area is 192 Å². The largest absolute Gasteiger partial charge is 0.496 e. The van der Waals surface area contributed by atoms with Crippen LogP contribution in [0.2, 0.25) is 0 Å². The predicted octanol–water partition coefficient (Wildman–Crippen LogP) is 7.21. The molecule has 4 rings (SSSR count). The molecular formula is C28H26FNO3. The second-order valence-electron chi connectivity index (χ2n) is 8.25. The number of methoxy groups -OCH3 is 1. The molecule has 3 aromatic carbocycles. The molecule has 0 atom stereocenters. The Hall–Kier alpha value is -3.86. The SMILES string of the molecule is COc1c(/C(C)=C/C(=O)Nc2cccc(F)c2)cc2c(-c3ccc(C)cc3C)coc2c1C. The lowest BCUT2D eigenvalue weighted by atomic mass is 9.94. The van der Waals surface area contributed by atoms with Crippen molar-refractivity contribution in [3.8, 4) is 16.9 Å². The predicted molar refractivity (Wildman–Crippen MR) is 131 cm³/mol. The number of hydrogen-bond acceptors (Lipinski definition) is 3. The van der Waals surface area contributed by atoms with Crippen molar-refractivity contribution in [2.24, 2.45) is 0 Å². The van der Waals surface area contributed by atoms with E-state index < -0.39 is 5.82 Å². The van der Waals surface area contributed by atoms with E-state index in [0.29, 0.717) is 11.4 Å². The molecule has 4 nitrogen and oxygen atoms in total. The monoisotopic (exact) mass is 443 g/mol. The van der Waals surface area contributed by atoms with Crippen molar-refractivity contribution >= 4 is 28.1 Å². The number of rotatable bonds is 5. The van der Waals surface area contributed by atoms with Crippen molar-refractivity contribution in [3.63, 3.8) is 0 Å². The molecule has 0 spiro atoms. The molecule has 1 heterocycles. The third-order valence-corrected chi connectivity index (χ3v) is 5.78. The number of amides is 1. The van der Waals surface area contributed by atoms with Gasteiger partial charge in [-0.3, -0.25) is 4.79 Å². The number of hydrogen-bond donors (Lipinski definition) is 1. The van der Waals surface area contributed by atoms with Gasteiger partial charge in [-0.2, -0.15) is 0 Å². The minimum Gasteiger partial charge on any atom is -0.496 e. The summed E-state index contributed by atoms with van der Waals surface area (Å²) in [7, 11) is 1.60. The molecule has 0 aliphatic heterocycles. The number of nitrogens with one attached hydrogen (secondary N) is 1. The summed E-state index contributed by atoms with van der Waals surface area (Å²) in [5.41, 5.74) is 7.98. The Morgan fingerprint density at radius 1 is 1.06 bits per heavy atom. The number of carbonyl (C=O) groups excluding carboxylic acids is 1. The third kappa shape index (κ3) is 4.40. The highest BCUT2D eigenvalue weighted by molar-refractivity contribution is 6.06. The van der Waals surface area contributed by atoms with Gasteiger partial charge in [0.1, 0.15) is 17.1 Å². The van der Waals surface area contributed by atoms with Gasteiger partial charge in [-0.25, -0.2) is 4.39 Å². The minimum absolute atomic E-state index is 0.348. The van der Waals surface area contributed by atoms with Crippen molar-refractivity contribution in [3.05, 3.63) is 88.9 Å². The van der Waals surface area contributed by atoms with Crippen LogP contribution in [-0.2, 0) is 4.79 Å². The molecule has 4 aromatic rings. The van der Waals surface area contributed by atoms with E-state index in [9.17, 15) is 9.18 Å². The number of benzene rings is 3. The summed E-state index contributed by atoms with van der Waals surface area (Å²) in [5.74, 6) is -0.105. The number of fused-ring (bicyclic) bond motifs is 1. The van der Waals surface area contributed by atoms with E-state index in [1.807, 2.05) is 19.9 Å². The molecule has 0 fully saturated rings. The van der Waals surface area contributed by atoms with Crippen LogP contribution in [0.15, 0.2) is 65.3 Å².